The van der Waals surface area contributed by atoms with Crippen LogP contribution in [0.3, 0.4) is 0 Å². The third-order valence-corrected chi connectivity index (χ3v) is 4.93. The summed E-state index contributed by atoms with van der Waals surface area (Å²) < 4.78 is 5.71. The summed E-state index contributed by atoms with van der Waals surface area (Å²) in [4.78, 5) is 14.4. The van der Waals surface area contributed by atoms with Crippen LogP contribution < -0.4 is 5.73 Å². The van der Waals surface area contributed by atoms with Crippen LogP contribution in [0.5, 0.6) is 0 Å². The molecule has 2 fully saturated rings. The van der Waals surface area contributed by atoms with Crippen molar-refractivity contribution in [2.75, 3.05) is 13.6 Å². The van der Waals surface area contributed by atoms with Crippen molar-refractivity contribution in [3.63, 3.8) is 0 Å². The Kier molecular flexibility index (Phi) is 5.22. The Morgan fingerprint density at radius 3 is 2.42 bits per heavy atom. The lowest BCUT2D eigenvalue weighted by molar-refractivity contribution is -0.144. The molecule has 2 atom stereocenters. The molecule has 0 aromatic heterocycles. The fourth-order valence-electron chi connectivity index (χ4n) is 3.41. The van der Waals surface area contributed by atoms with Gasteiger partial charge in [0.1, 0.15) is 6.10 Å². The zero-order valence-corrected chi connectivity index (χ0v) is 12.3. The molecule has 0 radical (unpaired) electrons. The molecule has 2 N–H and O–H groups in total. The zero-order chi connectivity index (χ0) is 13.8. The number of rotatable bonds is 4. The van der Waals surface area contributed by atoms with E-state index in [1.165, 1.54) is 19.3 Å². The first kappa shape index (κ1) is 14.8. The molecule has 2 aliphatic rings. The smallest absolute Gasteiger partial charge is 0.251 e. The molecule has 2 rings (SSSR count). The molecule has 1 amide bonds. The summed E-state index contributed by atoms with van der Waals surface area (Å²) >= 11 is 0. The second-order valence-corrected chi connectivity index (χ2v) is 6.09. The molecular formula is C15H28N2O2. The highest BCUT2D eigenvalue weighted by molar-refractivity contribution is 5.81. The number of carbonyl (C=O) groups excluding carboxylic acids is 1. The summed E-state index contributed by atoms with van der Waals surface area (Å²) in [6, 6.07) is 0.413. The standard InChI is InChI=1S/C15H28N2O2/c1-3-11-4-6-12(7-5-11)17(2)15(18)14-9-8-13(10-16)19-14/h11-14H,3-10,16H2,1-2H3/t11?,12?,13-,14+/m1/s1. The van der Waals surface area contributed by atoms with Crippen molar-refractivity contribution in [3.05, 3.63) is 0 Å². The van der Waals surface area contributed by atoms with E-state index in [-0.39, 0.29) is 18.1 Å². The van der Waals surface area contributed by atoms with Gasteiger partial charge in [-0.05, 0) is 44.4 Å². The quantitative estimate of drug-likeness (QED) is 0.847. The number of nitrogens with two attached hydrogens (primary N) is 1. The van der Waals surface area contributed by atoms with Crippen molar-refractivity contribution in [2.45, 2.75) is 70.1 Å². The Morgan fingerprint density at radius 2 is 1.89 bits per heavy atom. The van der Waals surface area contributed by atoms with Gasteiger partial charge < -0.3 is 15.4 Å². The normalized spacial score (nSPS) is 35.3. The molecule has 0 unspecified atom stereocenters. The first-order valence-corrected chi connectivity index (χ1v) is 7.77. The van der Waals surface area contributed by atoms with Crippen molar-refractivity contribution < 1.29 is 9.53 Å². The van der Waals surface area contributed by atoms with Crippen LogP contribution in [0.2, 0.25) is 0 Å². The van der Waals surface area contributed by atoms with Crippen molar-refractivity contribution in [2.24, 2.45) is 11.7 Å². The minimum atomic E-state index is -0.248. The largest absolute Gasteiger partial charge is 0.364 e. The first-order chi connectivity index (χ1) is 9.15. The second kappa shape index (κ2) is 6.71. The molecular weight excluding hydrogens is 240 g/mol. The number of ether oxygens (including phenoxy) is 1. The topological polar surface area (TPSA) is 55.6 Å². The molecule has 0 aromatic carbocycles. The number of likely N-dealkylation sites (N-methyl/N-ethyl adjacent to an activating group) is 1. The lowest BCUT2D eigenvalue weighted by atomic mass is 9.84. The van der Waals surface area contributed by atoms with Gasteiger partial charge in [0, 0.05) is 19.6 Å². The van der Waals surface area contributed by atoms with Gasteiger partial charge in [-0.3, -0.25) is 4.79 Å². The third-order valence-electron chi connectivity index (χ3n) is 4.93. The maximum Gasteiger partial charge on any atom is 0.251 e. The summed E-state index contributed by atoms with van der Waals surface area (Å²) in [5.74, 6) is 1.03. The predicted octanol–water partition coefficient (Wildman–Crippen LogP) is 1.92. The number of nitrogens with zero attached hydrogens (tertiary/aromatic N) is 1. The molecule has 4 nitrogen and oxygen atoms in total. The zero-order valence-electron chi connectivity index (χ0n) is 12.3. The molecule has 1 aliphatic heterocycles. The molecule has 1 aliphatic carbocycles. The molecule has 0 spiro atoms. The van der Waals surface area contributed by atoms with E-state index >= 15 is 0 Å². The van der Waals surface area contributed by atoms with Crippen molar-refractivity contribution >= 4 is 5.91 Å². The van der Waals surface area contributed by atoms with E-state index in [1.54, 1.807) is 0 Å². The van der Waals surface area contributed by atoms with Gasteiger partial charge in [0.25, 0.3) is 5.91 Å². The molecule has 4 heteroatoms. The van der Waals surface area contributed by atoms with E-state index < -0.39 is 0 Å². The van der Waals surface area contributed by atoms with Crippen LogP contribution in [0.1, 0.15) is 51.9 Å². The van der Waals surface area contributed by atoms with Gasteiger partial charge >= 0.3 is 0 Å². The van der Waals surface area contributed by atoms with E-state index in [0.29, 0.717) is 12.6 Å². The number of hydrogen-bond acceptors (Lipinski definition) is 3. The average molecular weight is 268 g/mol. The van der Waals surface area contributed by atoms with E-state index in [1.807, 2.05) is 11.9 Å². The number of carbonyl (C=O) groups is 1. The van der Waals surface area contributed by atoms with Crippen LogP contribution in [-0.4, -0.2) is 42.6 Å². The highest BCUT2D eigenvalue weighted by atomic mass is 16.5. The van der Waals surface area contributed by atoms with E-state index in [9.17, 15) is 4.79 Å². The monoisotopic (exact) mass is 268 g/mol. The van der Waals surface area contributed by atoms with Crippen LogP contribution >= 0.6 is 0 Å². The van der Waals surface area contributed by atoms with Gasteiger partial charge in [-0.25, -0.2) is 0 Å². The summed E-state index contributed by atoms with van der Waals surface area (Å²) in [5.41, 5.74) is 5.60. The van der Waals surface area contributed by atoms with Crippen molar-refractivity contribution in [3.8, 4) is 0 Å². The highest BCUT2D eigenvalue weighted by Crippen LogP contribution is 2.30. The number of amides is 1. The van der Waals surface area contributed by atoms with Crippen molar-refractivity contribution in [1.29, 1.82) is 0 Å². The van der Waals surface area contributed by atoms with Crippen LogP contribution in [-0.2, 0) is 9.53 Å². The molecule has 1 saturated carbocycles. The Morgan fingerprint density at radius 1 is 1.21 bits per heavy atom. The second-order valence-electron chi connectivity index (χ2n) is 6.09. The summed E-state index contributed by atoms with van der Waals surface area (Å²) in [6.45, 7) is 2.79. The van der Waals surface area contributed by atoms with Gasteiger partial charge in [-0.15, -0.1) is 0 Å². The maximum absolute atomic E-state index is 12.4. The predicted molar refractivity (Wildman–Crippen MR) is 75.8 cm³/mol. The van der Waals surface area contributed by atoms with Gasteiger partial charge in [-0.1, -0.05) is 13.3 Å². The summed E-state index contributed by atoms with van der Waals surface area (Å²) in [7, 11) is 1.94. The molecule has 1 saturated heterocycles. The molecule has 0 aromatic rings. The van der Waals surface area contributed by atoms with Crippen molar-refractivity contribution in [1.82, 2.24) is 4.90 Å². The highest BCUT2D eigenvalue weighted by Gasteiger charge is 2.34. The van der Waals surface area contributed by atoms with Gasteiger partial charge in [-0.2, -0.15) is 0 Å². The average Bonchev–Trinajstić information content (AvgIpc) is 2.94. The minimum Gasteiger partial charge on any atom is -0.364 e. The number of hydrogen-bond donors (Lipinski definition) is 1. The van der Waals surface area contributed by atoms with Crippen LogP contribution in [0.25, 0.3) is 0 Å². The third kappa shape index (κ3) is 3.48. The maximum atomic E-state index is 12.4. The Bertz CT molecular complexity index is 301. The van der Waals surface area contributed by atoms with E-state index in [2.05, 4.69) is 6.92 Å². The van der Waals surface area contributed by atoms with E-state index in [4.69, 9.17) is 10.5 Å². The Balaban J connectivity index is 1.83. The van der Waals surface area contributed by atoms with Crippen LogP contribution in [0.15, 0.2) is 0 Å². The Hall–Kier alpha value is -0.610. The SMILES string of the molecule is CCC1CCC(N(C)C(=O)[C@@H]2CC[C@H](CN)O2)CC1. The summed E-state index contributed by atoms with van der Waals surface area (Å²) in [5, 5.41) is 0. The lowest BCUT2D eigenvalue weighted by Gasteiger charge is -2.35. The van der Waals surface area contributed by atoms with Gasteiger partial charge in [0.2, 0.25) is 0 Å². The minimum absolute atomic E-state index is 0.0816. The van der Waals surface area contributed by atoms with E-state index in [0.717, 1.165) is 31.6 Å². The Labute approximate surface area is 116 Å². The van der Waals surface area contributed by atoms with Crippen LogP contribution in [0, 0.1) is 5.92 Å². The molecule has 110 valence electrons. The van der Waals surface area contributed by atoms with Gasteiger partial charge in [0.15, 0.2) is 0 Å². The molecule has 1 heterocycles. The first-order valence-electron chi connectivity index (χ1n) is 7.77. The fourth-order valence-corrected chi connectivity index (χ4v) is 3.41. The lowest BCUT2D eigenvalue weighted by Crippen LogP contribution is -2.44. The van der Waals surface area contributed by atoms with Gasteiger partial charge in [0.05, 0.1) is 6.10 Å². The van der Waals surface area contributed by atoms with Crippen LogP contribution in [0.4, 0.5) is 0 Å². The summed E-state index contributed by atoms with van der Waals surface area (Å²) in [6.07, 6.45) is 7.67. The fraction of sp³-hybridized carbons (Fsp3) is 0.933. The molecule has 19 heavy (non-hydrogen) atoms. The molecule has 0 bridgehead atoms.